The summed E-state index contributed by atoms with van der Waals surface area (Å²) in [4.78, 5) is 12.2. The Kier molecular flexibility index (Phi) is 3.70. The number of carbonyl (C=O) groups is 1. The maximum Gasteiger partial charge on any atom is 0.355 e. The Hall–Kier alpha value is -2.60. The quantitative estimate of drug-likeness (QED) is 0.694. The summed E-state index contributed by atoms with van der Waals surface area (Å²) >= 11 is 1.29. The maximum absolute atomic E-state index is 12.9. The average Bonchev–Trinajstić information content (AvgIpc) is 3.03. The van der Waals surface area contributed by atoms with E-state index >= 15 is 0 Å². The van der Waals surface area contributed by atoms with E-state index in [2.05, 4.69) is 10.2 Å². The van der Waals surface area contributed by atoms with Gasteiger partial charge in [-0.25, -0.2) is 9.18 Å². The molecule has 21 heavy (non-hydrogen) atoms. The number of benzene rings is 1. The van der Waals surface area contributed by atoms with Gasteiger partial charge in [0.25, 0.3) is 0 Å². The van der Waals surface area contributed by atoms with E-state index < -0.39 is 5.97 Å². The van der Waals surface area contributed by atoms with Gasteiger partial charge in [0.05, 0.1) is 5.69 Å². The van der Waals surface area contributed by atoms with Gasteiger partial charge in [-0.2, -0.15) is 0 Å². The third kappa shape index (κ3) is 3.11. The Morgan fingerprint density at radius 1 is 1.05 bits per heavy atom. The van der Waals surface area contributed by atoms with Crippen LogP contribution >= 0.6 is 11.3 Å². The number of thiophene rings is 1. The van der Waals surface area contributed by atoms with Crippen molar-refractivity contribution in [2.75, 3.05) is 0 Å². The van der Waals surface area contributed by atoms with E-state index in [1.807, 2.05) is 0 Å². The standard InChI is InChI=1S/C15H9FN2O2S/c16-11-5-3-10(4-6-11)12-7-8-14(18-17-12)20-15(19)13-2-1-9-21-13/h1-9H. The number of halogens is 1. The third-order valence-electron chi connectivity index (χ3n) is 2.70. The van der Waals surface area contributed by atoms with E-state index in [9.17, 15) is 9.18 Å². The van der Waals surface area contributed by atoms with Crippen LogP contribution in [0.25, 0.3) is 11.3 Å². The van der Waals surface area contributed by atoms with Crippen molar-refractivity contribution in [2.45, 2.75) is 0 Å². The molecule has 0 aliphatic rings. The minimum absolute atomic E-state index is 0.124. The van der Waals surface area contributed by atoms with Gasteiger partial charge >= 0.3 is 5.97 Å². The topological polar surface area (TPSA) is 52.1 Å². The van der Waals surface area contributed by atoms with Crippen LogP contribution in [-0.2, 0) is 0 Å². The van der Waals surface area contributed by atoms with E-state index in [0.29, 0.717) is 10.6 Å². The van der Waals surface area contributed by atoms with Gasteiger partial charge in [-0.05, 0) is 41.8 Å². The van der Waals surface area contributed by atoms with Crippen LogP contribution in [0, 0.1) is 5.82 Å². The molecule has 0 atom stereocenters. The molecule has 0 radical (unpaired) electrons. The van der Waals surface area contributed by atoms with Gasteiger partial charge in [0.15, 0.2) is 0 Å². The lowest BCUT2D eigenvalue weighted by atomic mass is 10.1. The maximum atomic E-state index is 12.9. The molecule has 1 aromatic carbocycles. The summed E-state index contributed by atoms with van der Waals surface area (Å²) in [5.41, 5.74) is 1.31. The van der Waals surface area contributed by atoms with Crippen LogP contribution in [-0.4, -0.2) is 16.2 Å². The van der Waals surface area contributed by atoms with Crippen LogP contribution in [0.1, 0.15) is 9.67 Å². The lowest BCUT2D eigenvalue weighted by molar-refractivity contribution is 0.0731. The molecular weight excluding hydrogens is 291 g/mol. The molecule has 0 saturated heterocycles. The van der Waals surface area contributed by atoms with Crippen LogP contribution in [0.3, 0.4) is 0 Å². The largest absolute Gasteiger partial charge is 0.402 e. The highest BCUT2D eigenvalue weighted by atomic mass is 32.1. The van der Waals surface area contributed by atoms with Gasteiger partial charge in [-0.1, -0.05) is 6.07 Å². The van der Waals surface area contributed by atoms with Gasteiger partial charge in [-0.3, -0.25) is 0 Å². The molecule has 2 aromatic heterocycles. The molecule has 0 unspecified atom stereocenters. The van der Waals surface area contributed by atoms with Crippen LogP contribution in [0.2, 0.25) is 0 Å². The fraction of sp³-hybridized carbons (Fsp3) is 0. The number of hydrogen-bond acceptors (Lipinski definition) is 5. The summed E-state index contributed by atoms with van der Waals surface area (Å²) in [6.45, 7) is 0. The van der Waals surface area contributed by atoms with Crippen LogP contribution in [0.5, 0.6) is 5.88 Å². The van der Waals surface area contributed by atoms with Crippen molar-refractivity contribution in [3.8, 4) is 17.1 Å². The number of carbonyl (C=O) groups excluding carboxylic acids is 1. The van der Waals surface area contributed by atoms with Crippen molar-refractivity contribution < 1.29 is 13.9 Å². The van der Waals surface area contributed by atoms with Gasteiger partial charge < -0.3 is 4.74 Å². The van der Waals surface area contributed by atoms with Crippen molar-refractivity contribution in [3.63, 3.8) is 0 Å². The van der Waals surface area contributed by atoms with E-state index in [-0.39, 0.29) is 11.7 Å². The van der Waals surface area contributed by atoms with Crippen LogP contribution < -0.4 is 4.74 Å². The predicted molar refractivity (Wildman–Crippen MR) is 76.7 cm³/mol. The van der Waals surface area contributed by atoms with E-state index in [0.717, 1.165) is 5.56 Å². The summed E-state index contributed by atoms with van der Waals surface area (Å²) in [7, 11) is 0. The number of ether oxygens (including phenoxy) is 1. The van der Waals surface area contributed by atoms with Crippen LogP contribution in [0.15, 0.2) is 53.9 Å². The molecule has 0 fully saturated rings. The summed E-state index contributed by atoms with van der Waals surface area (Å²) in [6.07, 6.45) is 0. The second-order valence-corrected chi connectivity index (χ2v) is 5.08. The molecule has 0 saturated carbocycles. The molecule has 0 bridgehead atoms. The zero-order valence-electron chi connectivity index (χ0n) is 10.7. The van der Waals surface area contributed by atoms with Crippen molar-refractivity contribution >= 4 is 17.3 Å². The molecule has 2 heterocycles. The minimum Gasteiger partial charge on any atom is -0.402 e. The molecule has 0 N–H and O–H groups in total. The molecule has 3 aromatic rings. The molecule has 3 rings (SSSR count). The second-order valence-electron chi connectivity index (χ2n) is 4.13. The Morgan fingerprint density at radius 2 is 1.86 bits per heavy atom. The molecule has 0 amide bonds. The highest BCUT2D eigenvalue weighted by Gasteiger charge is 2.10. The first kappa shape index (κ1) is 13.4. The van der Waals surface area contributed by atoms with Crippen molar-refractivity contribution in [2.24, 2.45) is 0 Å². The van der Waals surface area contributed by atoms with Gasteiger partial charge in [0.1, 0.15) is 10.7 Å². The average molecular weight is 300 g/mol. The lowest BCUT2D eigenvalue weighted by Crippen LogP contribution is -2.08. The molecule has 0 spiro atoms. The third-order valence-corrected chi connectivity index (χ3v) is 3.55. The van der Waals surface area contributed by atoms with Crippen molar-refractivity contribution in [3.05, 3.63) is 64.6 Å². The number of nitrogens with zero attached hydrogens (tertiary/aromatic N) is 2. The van der Waals surface area contributed by atoms with Gasteiger partial charge in [0, 0.05) is 11.6 Å². The van der Waals surface area contributed by atoms with E-state index in [1.165, 1.54) is 23.5 Å². The van der Waals surface area contributed by atoms with Gasteiger partial charge in [0.2, 0.25) is 5.88 Å². The smallest absolute Gasteiger partial charge is 0.355 e. The number of aromatic nitrogens is 2. The molecule has 6 heteroatoms. The van der Waals surface area contributed by atoms with Crippen LogP contribution in [0.4, 0.5) is 4.39 Å². The molecule has 4 nitrogen and oxygen atoms in total. The summed E-state index contributed by atoms with van der Waals surface area (Å²) in [6, 6.07) is 12.6. The first-order valence-corrected chi connectivity index (χ1v) is 6.96. The Labute approximate surface area is 123 Å². The number of hydrogen-bond donors (Lipinski definition) is 0. The Balaban J connectivity index is 1.75. The molecular formula is C15H9FN2O2S. The highest BCUT2D eigenvalue weighted by molar-refractivity contribution is 7.12. The van der Waals surface area contributed by atoms with Crippen molar-refractivity contribution in [1.29, 1.82) is 0 Å². The number of rotatable bonds is 3. The highest BCUT2D eigenvalue weighted by Crippen LogP contribution is 2.19. The SMILES string of the molecule is O=C(Oc1ccc(-c2ccc(F)cc2)nn1)c1cccs1. The molecule has 0 aliphatic heterocycles. The summed E-state index contributed by atoms with van der Waals surface area (Å²) < 4.78 is 18.0. The predicted octanol–water partition coefficient (Wildman–Crippen LogP) is 3.56. The Morgan fingerprint density at radius 3 is 2.48 bits per heavy atom. The molecule has 104 valence electrons. The fourth-order valence-corrected chi connectivity index (χ4v) is 2.29. The fourth-order valence-electron chi connectivity index (χ4n) is 1.69. The number of esters is 1. The monoisotopic (exact) mass is 300 g/mol. The zero-order valence-corrected chi connectivity index (χ0v) is 11.5. The summed E-state index contributed by atoms with van der Waals surface area (Å²) in [5.74, 6) is -0.652. The molecule has 0 aliphatic carbocycles. The lowest BCUT2D eigenvalue weighted by Gasteiger charge is -2.03. The Bertz CT molecular complexity index is 740. The van der Waals surface area contributed by atoms with E-state index in [1.54, 1.807) is 41.8 Å². The first-order valence-electron chi connectivity index (χ1n) is 6.08. The van der Waals surface area contributed by atoms with E-state index in [4.69, 9.17) is 4.74 Å². The van der Waals surface area contributed by atoms with Crippen molar-refractivity contribution in [1.82, 2.24) is 10.2 Å². The van der Waals surface area contributed by atoms with Gasteiger partial charge in [-0.15, -0.1) is 21.5 Å². The second kappa shape index (κ2) is 5.80. The zero-order chi connectivity index (χ0) is 14.7. The first-order chi connectivity index (χ1) is 10.2. The normalized spacial score (nSPS) is 10.3. The minimum atomic E-state index is -0.464. The summed E-state index contributed by atoms with van der Waals surface area (Å²) in [5, 5.41) is 9.60.